The zero-order chi connectivity index (χ0) is 13.0. The summed E-state index contributed by atoms with van der Waals surface area (Å²) < 4.78 is 0. The van der Waals surface area contributed by atoms with Crippen LogP contribution >= 0.6 is 0 Å². The Kier molecular flexibility index (Phi) is 3.78. The van der Waals surface area contributed by atoms with Crippen LogP contribution in [-0.2, 0) is 10.2 Å². The third-order valence-corrected chi connectivity index (χ3v) is 3.33. The largest absolute Gasteiger partial charge is 0.309 e. The first-order valence-corrected chi connectivity index (χ1v) is 6.27. The van der Waals surface area contributed by atoms with Crippen molar-refractivity contribution in [1.82, 2.24) is 5.32 Å². The highest BCUT2D eigenvalue weighted by Gasteiger charge is 2.20. The molecule has 0 atom stereocenters. The number of carbonyl (C=O) groups excluding carboxylic acids is 1. The van der Waals surface area contributed by atoms with E-state index in [4.69, 9.17) is 0 Å². The van der Waals surface area contributed by atoms with Crippen molar-refractivity contribution in [3.63, 3.8) is 0 Å². The summed E-state index contributed by atoms with van der Waals surface area (Å²) in [5.74, 6) is 0. The fraction of sp³-hybridized carbons (Fsp3) is 0.312. The van der Waals surface area contributed by atoms with Crippen LogP contribution in [0.1, 0.15) is 19.4 Å². The van der Waals surface area contributed by atoms with E-state index in [1.807, 2.05) is 0 Å². The van der Waals surface area contributed by atoms with Crippen LogP contribution in [0.5, 0.6) is 0 Å². The summed E-state index contributed by atoms with van der Waals surface area (Å²) in [7, 11) is 0. The van der Waals surface area contributed by atoms with Crippen LogP contribution in [0, 0.1) is 0 Å². The Morgan fingerprint density at radius 1 is 1.11 bits per heavy atom. The monoisotopic (exact) mass is 241 g/mol. The summed E-state index contributed by atoms with van der Waals surface area (Å²) in [6.07, 6.45) is 0.899. The van der Waals surface area contributed by atoms with Gasteiger partial charge in [0.05, 0.1) is 6.54 Å². The van der Waals surface area contributed by atoms with E-state index >= 15 is 0 Å². The molecular formula is C16H19NO. The van der Waals surface area contributed by atoms with Crippen molar-refractivity contribution in [2.24, 2.45) is 0 Å². The highest BCUT2D eigenvalue weighted by Crippen LogP contribution is 2.26. The van der Waals surface area contributed by atoms with Crippen LogP contribution < -0.4 is 5.32 Å². The lowest BCUT2D eigenvalue weighted by Gasteiger charge is -2.25. The first-order valence-electron chi connectivity index (χ1n) is 6.27. The third kappa shape index (κ3) is 2.77. The molecule has 1 N–H and O–H groups in total. The van der Waals surface area contributed by atoms with E-state index in [-0.39, 0.29) is 5.41 Å². The van der Waals surface area contributed by atoms with Gasteiger partial charge in [0, 0.05) is 12.0 Å². The van der Waals surface area contributed by atoms with Gasteiger partial charge in [-0.15, -0.1) is 0 Å². The van der Waals surface area contributed by atoms with Gasteiger partial charge in [-0.05, 0) is 16.3 Å². The van der Waals surface area contributed by atoms with Crippen molar-refractivity contribution in [1.29, 1.82) is 0 Å². The molecule has 0 saturated heterocycles. The van der Waals surface area contributed by atoms with Crippen LogP contribution in [0.4, 0.5) is 0 Å². The van der Waals surface area contributed by atoms with E-state index in [2.05, 4.69) is 61.6 Å². The topological polar surface area (TPSA) is 29.1 Å². The fourth-order valence-corrected chi connectivity index (χ4v) is 2.16. The molecule has 0 aromatic heterocycles. The lowest BCUT2D eigenvalue weighted by molar-refractivity contribution is -0.107. The van der Waals surface area contributed by atoms with E-state index in [1.54, 1.807) is 0 Å². The summed E-state index contributed by atoms with van der Waals surface area (Å²) in [6, 6.07) is 14.9. The Morgan fingerprint density at radius 2 is 1.83 bits per heavy atom. The molecule has 0 unspecified atom stereocenters. The van der Waals surface area contributed by atoms with E-state index < -0.39 is 0 Å². The van der Waals surface area contributed by atoms with Gasteiger partial charge in [0.1, 0.15) is 6.29 Å². The van der Waals surface area contributed by atoms with Gasteiger partial charge < -0.3 is 10.1 Å². The summed E-state index contributed by atoms with van der Waals surface area (Å²) in [5, 5.41) is 5.68. The molecule has 94 valence electrons. The normalized spacial score (nSPS) is 11.7. The molecule has 0 aliphatic rings. The zero-order valence-corrected chi connectivity index (χ0v) is 10.9. The van der Waals surface area contributed by atoms with Gasteiger partial charge in [-0.2, -0.15) is 0 Å². The minimum absolute atomic E-state index is 0.0209. The first-order chi connectivity index (χ1) is 8.63. The molecule has 0 radical (unpaired) electrons. The van der Waals surface area contributed by atoms with Gasteiger partial charge in [0.2, 0.25) is 0 Å². The number of nitrogens with one attached hydrogen (secondary N) is 1. The molecule has 0 aliphatic heterocycles. The Labute approximate surface area is 108 Å². The predicted molar refractivity (Wildman–Crippen MR) is 75.9 cm³/mol. The molecule has 0 fully saturated rings. The average Bonchev–Trinajstić information content (AvgIpc) is 2.38. The molecule has 0 amide bonds. The lowest BCUT2D eigenvalue weighted by Crippen LogP contribution is -2.33. The highest BCUT2D eigenvalue weighted by molar-refractivity contribution is 5.83. The van der Waals surface area contributed by atoms with Crippen molar-refractivity contribution >= 4 is 17.1 Å². The molecule has 2 nitrogen and oxygen atoms in total. The lowest BCUT2D eigenvalue weighted by atomic mass is 9.83. The van der Waals surface area contributed by atoms with Gasteiger partial charge in [0.15, 0.2) is 0 Å². The van der Waals surface area contributed by atoms with Crippen molar-refractivity contribution < 1.29 is 4.79 Å². The van der Waals surface area contributed by atoms with E-state index in [0.717, 1.165) is 12.8 Å². The number of benzene rings is 2. The summed E-state index contributed by atoms with van der Waals surface area (Å²) in [5.41, 5.74) is 1.31. The van der Waals surface area contributed by atoms with Gasteiger partial charge in [-0.1, -0.05) is 56.3 Å². The smallest absolute Gasteiger partial charge is 0.133 e. The predicted octanol–water partition coefficient (Wildman–Crippen LogP) is 2.91. The van der Waals surface area contributed by atoms with Crippen molar-refractivity contribution in [3.05, 3.63) is 48.0 Å². The molecular weight excluding hydrogens is 222 g/mol. The molecule has 0 bridgehead atoms. The van der Waals surface area contributed by atoms with E-state index in [0.29, 0.717) is 6.54 Å². The van der Waals surface area contributed by atoms with Crippen LogP contribution in [0.15, 0.2) is 42.5 Å². The Balaban J connectivity index is 2.26. The molecule has 0 aliphatic carbocycles. The molecule has 2 heteroatoms. The number of rotatable bonds is 5. The number of aldehydes is 1. The number of hydrogen-bond acceptors (Lipinski definition) is 2. The maximum absolute atomic E-state index is 10.3. The Morgan fingerprint density at radius 3 is 2.56 bits per heavy atom. The van der Waals surface area contributed by atoms with Crippen LogP contribution in [0.25, 0.3) is 10.8 Å². The zero-order valence-electron chi connectivity index (χ0n) is 10.9. The molecule has 18 heavy (non-hydrogen) atoms. The highest BCUT2D eigenvalue weighted by atomic mass is 16.1. The number of carbonyl (C=O) groups is 1. The van der Waals surface area contributed by atoms with Crippen LogP contribution in [0.2, 0.25) is 0 Å². The minimum Gasteiger partial charge on any atom is -0.309 e. The van der Waals surface area contributed by atoms with Crippen LogP contribution in [0.3, 0.4) is 0 Å². The summed E-state index contributed by atoms with van der Waals surface area (Å²) in [4.78, 5) is 10.3. The Bertz CT molecular complexity index is 546. The molecule has 0 heterocycles. The van der Waals surface area contributed by atoms with Gasteiger partial charge >= 0.3 is 0 Å². The molecule has 0 spiro atoms. The standard InChI is InChI=1S/C16H19NO/c1-16(2,12-17-9-10-18)15-8-7-13-5-3-4-6-14(13)11-15/h3-8,10-11,17H,9,12H2,1-2H3. The summed E-state index contributed by atoms with van der Waals surface area (Å²) >= 11 is 0. The maximum Gasteiger partial charge on any atom is 0.133 e. The van der Waals surface area contributed by atoms with Gasteiger partial charge in [0.25, 0.3) is 0 Å². The van der Waals surface area contributed by atoms with E-state index in [1.165, 1.54) is 16.3 Å². The summed E-state index contributed by atoms with van der Waals surface area (Å²) in [6.45, 7) is 5.59. The van der Waals surface area contributed by atoms with Gasteiger partial charge in [-0.25, -0.2) is 0 Å². The quantitative estimate of drug-likeness (QED) is 0.644. The van der Waals surface area contributed by atoms with Crippen molar-refractivity contribution in [2.45, 2.75) is 19.3 Å². The average molecular weight is 241 g/mol. The molecule has 0 saturated carbocycles. The third-order valence-electron chi connectivity index (χ3n) is 3.33. The molecule has 2 aromatic rings. The number of fused-ring (bicyclic) bond motifs is 1. The fourth-order valence-electron chi connectivity index (χ4n) is 2.16. The molecule has 2 rings (SSSR count). The second-order valence-corrected chi connectivity index (χ2v) is 5.24. The SMILES string of the molecule is CC(C)(CNCC=O)c1ccc2ccccc2c1. The Hall–Kier alpha value is -1.67. The van der Waals surface area contributed by atoms with E-state index in [9.17, 15) is 4.79 Å². The second-order valence-electron chi connectivity index (χ2n) is 5.24. The first kappa shape index (κ1) is 12.8. The minimum atomic E-state index is 0.0209. The maximum atomic E-state index is 10.3. The van der Waals surface area contributed by atoms with Crippen molar-refractivity contribution in [3.8, 4) is 0 Å². The van der Waals surface area contributed by atoms with Crippen molar-refractivity contribution in [2.75, 3.05) is 13.1 Å². The van der Waals surface area contributed by atoms with Gasteiger partial charge in [-0.3, -0.25) is 0 Å². The second kappa shape index (κ2) is 5.32. The molecule has 2 aromatic carbocycles. The van der Waals surface area contributed by atoms with Crippen LogP contribution in [-0.4, -0.2) is 19.4 Å². The number of hydrogen-bond donors (Lipinski definition) is 1.